The maximum atomic E-state index is 13.0. The van der Waals surface area contributed by atoms with Crippen LogP contribution in [0.25, 0.3) is 0 Å². The molecule has 0 radical (unpaired) electrons. The lowest BCUT2D eigenvalue weighted by Gasteiger charge is -2.26. The highest BCUT2D eigenvalue weighted by molar-refractivity contribution is 6.31. The summed E-state index contributed by atoms with van der Waals surface area (Å²) in [6.07, 6.45) is 8.93. The van der Waals surface area contributed by atoms with Crippen molar-refractivity contribution in [2.45, 2.75) is 51.0 Å². The Morgan fingerprint density at radius 3 is 2.68 bits per heavy atom. The fourth-order valence-corrected chi connectivity index (χ4v) is 3.33. The number of likely N-dealkylation sites (N-methyl/N-ethyl adjacent to an activating group) is 1. The Balaban J connectivity index is 1.94. The van der Waals surface area contributed by atoms with E-state index in [2.05, 4.69) is 5.32 Å². The average molecular weight is 284 g/mol. The summed E-state index contributed by atoms with van der Waals surface area (Å²) in [5.74, 6) is 0.576. The summed E-state index contributed by atoms with van der Waals surface area (Å²) in [6.45, 7) is 0. The van der Waals surface area contributed by atoms with Gasteiger partial charge in [-0.1, -0.05) is 49.8 Å². The number of rotatable bonds is 5. The summed E-state index contributed by atoms with van der Waals surface area (Å²) >= 11 is 6.11. The average Bonchev–Trinajstić information content (AvgIpc) is 2.42. The molecular weight excluding hydrogens is 261 g/mol. The quantitative estimate of drug-likeness (QED) is 0.834. The third kappa shape index (κ3) is 4.47. The predicted molar refractivity (Wildman–Crippen MR) is 79.2 cm³/mol. The highest BCUT2D eigenvalue weighted by Crippen LogP contribution is 2.28. The van der Waals surface area contributed by atoms with E-state index >= 15 is 0 Å². The molecule has 0 spiro atoms. The first kappa shape index (κ1) is 14.8. The molecule has 0 saturated heterocycles. The summed E-state index contributed by atoms with van der Waals surface area (Å²) in [4.78, 5) is 0. The largest absolute Gasteiger partial charge is 0.317 e. The van der Waals surface area contributed by atoms with Gasteiger partial charge in [-0.3, -0.25) is 0 Å². The SMILES string of the molecule is CNC(Cc1ccc(F)cc1Cl)CC1CCCCC1. The van der Waals surface area contributed by atoms with E-state index in [4.69, 9.17) is 11.6 Å². The lowest BCUT2D eigenvalue weighted by Crippen LogP contribution is -2.30. The van der Waals surface area contributed by atoms with E-state index in [9.17, 15) is 4.39 Å². The van der Waals surface area contributed by atoms with Gasteiger partial charge in [-0.05, 0) is 43.5 Å². The van der Waals surface area contributed by atoms with E-state index in [1.807, 2.05) is 13.1 Å². The molecule has 19 heavy (non-hydrogen) atoms. The van der Waals surface area contributed by atoms with Crippen LogP contribution in [-0.4, -0.2) is 13.1 Å². The first-order chi connectivity index (χ1) is 9.19. The Bertz CT molecular complexity index is 402. The van der Waals surface area contributed by atoms with Gasteiger partial charge in [0.25, 0.3) is 0 Å². The monoisotopic (exact) mass is 283 g/mol. The van der Waals surface area contributed by atoms with Crippen LogP contribution in [0.1, 0.15) is 44.1 Å². The van der Waals surface area contributed by atoms with Crippen molar-refractivity contribution in [3.05, 3.63) is 34.6 Å². The van der Waals surface area contributed by atoms with E-state index in [0.29, 0.717) is 11.1 Å². The zero-order valence-corrected chi connectivity index (χ0v) is 12.3. The van der Waals surface area contributed by atoms with Crippen molar-refractivity contribution in [1.29, 1.82) is 0 Å². The van der Waals surface area contributed by atoms with Crippen LogP contribution in [0, 0.1) is 11.7 Å². The van der Waals surface area contributed by atoms with Gasteiger partial charge in [0.15, 0.2) is 0 Å². The van der Waals surface area contributed by atoms with Gasteiger partial charge in [-0.25, -0.2) is 4.39 Å². The zero-order valence-electron chi connectivity index (χ0n) is 11.6. The van der Waals surface area contributed by atoms with E-state index < -0.39 is 0 Å². The van der Waals surface area contributed by atoms with Crippen molar-refractivity contribution in [1.82, 2.24) is 5.32 Å². The molecule has 0 aromatic heterocycles. The summed E-state index contributed by atoms with van der Waals surface area (Å²) in [5, 5.41) is 3.93. The van der Waals surface area contributed by atoms with Gasteiger partial charge in [-0.2, -0.15) is 0 Å². The van der Waals surface area contributed by atoms with Gasteiger partial charge in [0.05, 0.1) is 0 Å². The molecule has 1 aromatic rings. The zero-order chi connectivity index (χ0) is 13.7. The van der Waals surface area contributed by atoms with Crippen molar-refractivity contribution in [3.8, 4) is 0 Å². The molecule has 1 aliphatic carbocycles. The van der Waals surface area contributed by atoms with Gasteiger partial charge in [0, 0.05) is 11.1 Å². The van der Waals surface area contributed by atoms with E-state index in [1.54, 1.807) is 0 Å². The molecule has 0 bridgehead atoms. The minimum Gasteiger partial charge on any atom is -0.317 e. The van der Waals surface area contributed by atoms with Gasteiger partial charge in [0.2, 0.25) is 0 Å². The highest BCUT2D eigenvalue weighted by atomic mass is 35.5. The van der Waals surface area contributed by atoms with E-state index in [0.717, 1.165) is 17.9 Å². The third-order valence-corrected chi connectivity index (χ3v) is 4.58. The van der Waals surface area contributed by atoms with E-state index in [-0.39, 0.29) is 5.82 Å². The predicted octanol–water partition coefficient (Wildman–Crippen LogP) is 4.58. The number of hydrogen-bond acceptors (Lipinski definition) is 1. The maximum Gasteiger partial charge on any atom is 0.124 e. The van der Waals surface area contributed by atoms with Crippen LogP contribution in [0.2, 0.25) is 5.02 Å². The molecule has 2 rings (SSSR count). The van der Waals surface area contributed by atoms with Crippen LogP contribution in [-0.2, 0) is 6.42 Å². The maximum absolute atomic E-state index is 13.0. The molecule has 1 fully saturated rings. The number of benzene rings is 1. The summed E-state index contributed by atoms with van der Waals surface area (Å²) < 4.78 is 13.0. The molecule has 1 aliphatic rings. The van der Waals surface area contributed by atoms with Crippen molar-refractivity contribution in [2.75, 3.05) is 7.05 Å². The Morgan fingerprint density at radius 1 is 1.32 bits per heavy atom. The first-order valence-corrected chi connectivity index (χ1v) is 7.68. The second-order valence-electron chi connectivity index (χ2n) is 5.67. The Labute approximate surface area is 120 Å². The van der Waals surface area contributed by atoms with Crippen molar-refractivity contribution < 1.29 is 4.39 Å². The molecule has 1 N–H and O–H groups in total. The topological polar surface area (TPSA) is 12.0 Å². The standard InChI is InChI=1S/C16H23ClFN/c1-19-15(9-12-5-3-2-4-6-12)10-13-7-8-14(18)11-16(13)17/h7-8,11-12,15,19H,2-6,9-10H2,1H3. The molecular formula is C16H23ClFN. The summed E-state index contributed by atoms with van der Waals surface area (Å²) in [7, 11) is 2.00. The van der Waals surface area contributed by atoms with Crippen molar-refractivity contribution >= 4 is 11.6 Å². The second-order valence-corrected chi connectivity index (χ2v) is 6.07. The van der Waals surface area contributed by atoms with Crippen LogP contribution in [0.4, 0.5) is 4.39 Å². The lowest BCUT2D eigenvalue weighted by atomic mass is 9.83. The van der Waals surface area contributed by atoms with Crippen molar-refractivity contribution in [3.63, 3.8) is 0 Å². The molecule has 1 saturated carbocycles. The van der Waals surface area contributed by atoms with Gasteiger partial charge >= 0.3 is 0 Å². The molecule has 1 unspecified atom stereocenters. The second kappa shape index (κ2) is 7.25. The smallest absolute Gasteiger partial charge is 0.124 e. The van der Waals surface area contributed by atoms with Gasteiger partial charge < -0.3 is 5.32 Å². The molecule has 0 aliphatic heterocycles. The molecule has 1 nitrogen and oxygen atoms in total. The molecule has 3 heteroatoms. The molecule has 0 amide bonds. The lowest BCUT2D eigenvalue weighted by molar-refractivity contribution is 0.302. The number of halogens is 2. The highest BCUT2D eigenvalue weighted by Gasteiger charge is 2.19. The Morgan fingerprint density at radius 2 is 2.05 bits per heavy atom. The van der Waals surface area contributed by atoms with Crippen LogP contribution in [0.15, 0.2) is 18.2 Å². The third-order valence-electron chi connectivity index (χ3n) is 4.23. The first-order valence-electron chi connectivity index (χ1n) is 7.30. The van der Waals surface area contributed by atoms with Crippen molar-refractivity contribution in [2.24, 2.45) is 5.92 Å². The van der Waals surface area contributed by atoms with Crippen LogP contribution in [0.5, 0.6) is 0 Å². The Hall–Kier alpha value is -0.600. The minimum atomic E-state index is -0.262. The number of hydrogen-bond donors (Lipinski definition) is 1. The summed E-state index contributed by atoms with van der Waals surface area (Å²) in [6, 6.07) is 5.15. The number of nitrogens with one attached hydrogen (secondary N) is 1. The Kier molecular flexibility index (Phi) is 5.65. The van der Waals surface area contributed by atoms with Gasteiger partial charge in [0.1, 0.15) is 5.82 Å². The normalized spacial score (nSPS) is 18.5. The van der Waals surface area contributed by atoms with Crippen LogP contribution >= 0.6 is 11.6 Å². The molecule has 1 aromatic carbocycles. The fraction of sp³-hybridized carbons (Fsp3) is 0.625. The van der Waals surface area contributed by atoms with E-state index in [1.165, 1.54) is 50.7 Å². The molecule has 0 heterocycles. The molecule has 106 valence electrons. The fourth-order valence-electron chi connectivity index (χ4n) is 3.08. The van der Waals surface area contributed by atoms with Crippen LogP contribution in [0.3, 0.4) is 0 Å². The van der Waals surface area contributed by atoms with Crippen LogP contribution < -0.4 is 5.32 Å². The minimum absolute atomic E-state index is 0.262. The van der Waals surface area contributed by atoms with Gasteiger partial charge in [-0.15, -0.1) is 0 Å². The molecule has 1 atom stereocenters. The summed E-state index contributed by atoms with van der Waals surface area (Å²) in [5.41, 5.74) is 1.04.